The Bertz CT molecular complexity index is 796. The second kappa shape index (κ2) is 5.66. The molecule has 2 heterocycles. The van der Waals surface area contributed by atoms with Crippen LogP contribution in [0.1, 0.15) is 19.7 Å². The number of benzene rings is 1. The third kappa shape index (κ3) is 2.96. The van der Waals surface area contributed by atoms with Gasteiger partial charge in [-0.3, -0.25) is 0 Å². The molecule has 4 nitrogen and oxygen atoms in total. The van der Waals surface area contributed by atoms with Crippen LogP contribution in [-0.4, -0.2) is 27.2 Å². The van der Waals surface area contributed by atoms with Gasteiger partial charge in [0, 0.05) is 4.88 Å². The maximum atomic E-state index is 9.48. The Morgan fingerprint density at radius 3 is 2.59 bits per heavy atom. The second-order valence-electron chi connectivity index (χ2n) is 5.98. The lowest BCUT2D eigenvalue weighted by Gasteiger charge is -2.24. The average Bonchev–Trinajstić information content (AvgIpc) is 2.92. The van der Waals surface area contributed by atoms with Crippen molar-refractivity contribution in [2.45, 2.75) is 26.3 Å². The van der Waals surface area contributed by atoms with Crippen LogP contribution in [0.15, 0.2) is 36.4 Å². The largest absolute Gasteiger partial charge is 0.394 e. The Morgan fingerprint density at radius 1 is 1.18 bits per heavy atom. The van der Waals surface area contributed by atoms with Crippen LogP contribution in [0.4, 0.5) is 5.82 Å². The Balaban J connectivity index is 2.11. The molecule has 22 heavy (non-hydrogen) atoms. The van der Waals surface area contributed by atoms with Crippen molar-refractivity contribution in [3.05, 3.63) is 42.2 Å². The van der Waals surface area contributed by atoms with Crippen LogP contribution in [0.3, 0.4) is 0 Å². The maximum Gasteiger partial charge on any atom is 0.139 e. The molecule has 0 radical (unpaired) electrons. The Morgan fingerprint density at radius 2 is 1.91 bits per heavy atom. The van der Waals surface area contributed by atoms with Gasteiger partial charge in [0.05, 0.1) is 17.5 Å². The highest BCUT2D eigenvalue weighted by molar-refractivity contribution is 7.21. The van der Waals surface area contributed by atoms with Gasteiger partial charge in [-0.2, -0.15) is 0 Å². The number of aliphatic hydroxyl groups is 1. The van der Waals surface area contributed by atoms with Gasteiger partial charge in [-0.1, -0.05) is 30.3 Å². The highest BCUT2D eigenvalue weighted by atomic mass is 32.1. The number of aliphatic hydroxyl groups excluding tert-OH is 1. The topological polar surface area (TPSA) is 58.0 Å². The van der Waals surface area contributed by atoms with Crippen molar-refractivity contribution >= 4 is 27.4 Å². The second-order valence-corrected chi connectivity index (χ2v) is 7.01. The summed E-state index contributed by atoms with van der Waals surface area (Å²) in [5.74, 6) is 1.50. The van der Waals surface area contributed by atoms with Gasteiger partial charge in [0.25, 0.3) is 0 Å². The van der Waals surface area contributed by atoms with Crippen molar-refractivity contribution < 1.29 is 5.11 Å². The van der Waals surface area contributed by atoms with Gasteiger partial charge in [0.2, 0.25) is 0 Å². The Kier molecular flexibility index (Phi) is 3.85. The van der Waals surface area contributed by atoms with Crippen LogP contribution in [0.5, 0.6) is 0 Å². The summed E-state index contributed by atoms with van der Waals surface area (Å²) in [4.78, 5) is 11.2. The van der Waals surface area contributed by atoms with Crippen molar-refractivity contribution in [3.63, 3.8) is 0 Å². The van der Waals surface area contributed by atoms with Crippen LogP contribution in [-0.2, 0) is 0 Å². The molecular formula is C17H19N3OS. The minimum absolute atomic E-state index is 0.0349. The van der Waals surface area contributed by atoms with Crippen molar-refractivity contribution in [3.8, 4) is 10.4 Å². The molecule has 114 valence electrons. The molecule has 0 unspecified atom stereocenters. The highest BCUT2D eigenvalue weighted by Gasteiger charge is 2.19. The van der Waals surface area contributed by atoms with Gasteiger partial charge in [0.1, 0.15) is 16.5 Å². The van der Waals surface area contributed by atoms with E-state index in [9.17, 15) is 5.11 Å². The zero-order chi connectivity index (χ0) is 15.7. The number of anilines is 1. The summed E-state index contributed by atoms with van der Waals surface area (Å²) in [7, 11) is 0. The summed E-state index contributed by atoms with van der Waals surface area (Å²) in [5, 5.41) is 13.8. The predicted octanol–water partition coefficient (Wildman–Crippen LogP) is 3.85. The molecule has 0 spiro atoms. The van der Waals surface area contributed by atoms with Gasteiger partial charge < -0.3 is 10.4 Å². The first kappa shape index (κ1) is 14.9. The Hall–Kier alpha value is -1.98. The highest BCUT2D eigenvalue weighted by Crippen LogP contribution is 2.35. The van der Waals surface area contributed by atoms with Crippen LogP contribution in [0, 0.1) is 6.92 Å². The molecule has 0 bridgehead atoms. The molecule has 1 aromatic carbocycles. The molecular weight excluding hydrogens is 294 g/mol. The smallest absolute Gasteiger partial charge is 0.139 e. The van der Waals surface area contributed by atoms with Gasteiger partial charge in [-0.05, 0) is 32.4 Å². The van der Waals surface area contributed by atoms with Crippen molar-refractivity contribution in [2.75, 3.05) is 11.9 Å². The number of thiophene rings is 1. The summed E-state index contributed by atoms with van der Waals surface area (Å²) < 4.78 is 0. The number of hydrogen-bond donors (Lipinski definition) is 2. The minimum Gasteiger partial charge on any atom is -0.394 e. The zero-order valence-electron chi connectivity index (χ0n) is 12.9. The first-order valence-corrected chi connectivity index (χ1v) is 8.03. The maximum absolute atomic E-state index is 9.48. The minimum atomic E-state index is -0.428. The van der Waals surface area contributed by atoms with Gasteiger partial charge in [-0.15, -0.1) is 11.3 Å². The fourth-order valence-corrected chi connectivity index (χ4v) is 3.31. The van der Waals surface area contributed by atoms with E-state index in [1.54, 1.807) is 11.3 Å². The van der Waals surface area contributed by atoms with Crippen LogP contribution < -0.4 is 5.32 Å². The van der Waals surface area contributed by atoms with Crippen LogP contribution >= 0.6 is 11.3 Å². The molecule has 0 amide bonds. The number of nitrogens with zero attached hydrogens (tertiary/aromatic N) is 2. The predicted molar refractivity (Wildman–Crippen MR) is 92.4 cm³/mol. The summed E-state index contributed by atoms with van der Waals surface area (Å²) in [6, 6.07) is 12.4. The third-order valence-electron chi connectivity index (χ3n) is 3.41. The summed E-state index contributed by atoms with van der Waals surface area (Å²) in [6.45, 7) is 5.81. The first-order valence-electron chi connectivity index (χ1n) is 7.21. The molecule has 0 fully saturated rings. The van der Waals surface area contributed by atoms with E-state index >= 15 is 0 Å². The number of aryl methyl sites for hydroxylation is 1. The van der Waals surface area contributed by atoms with E-state index in [0.717, 1.165) is 21.9 Å². The van der Waals surface area contributed by atoms with Gasteiger partial charge in [-0.25, -0.2) is 9.97 Å². The molecule has 5 heteroatoms. The van der Waals surface area contributed by atoms with E-state index in [1.807, 2.05) is 39.0 Å². The lowest BCUT2D eigenvalue weighted by Crippen LogP contribution is -2.35. The number of fused-ring (bicyclic) bond motifs is 1. The van der Waals surface area contributed by atoms with Gasteiger partial charge >= 0.3 is 0 Å². The fraction of sp³-hybridized carbons (Fsp3) is 0.294. The summed E-state index contributed by atoms with van der Waals surface area (Å²) in [5.41, 5.74) is 0.748. The zero-order valence-corrected chi connectivity index (χ0v) is 13.7. The SMILES string of the molecule is Cc1nc(NC(C)(C)CO)c2cc(-c3ccccc3)sc2n1. The fourth-order valence-electron chi connectivity index (χ4n) is 2.23. The number of nitrogens with one attached hydrogen (secondary N) is 1. The standard InChI is InChI=1S/C17H19N3OS/c1-11-18-15(20-17(2,3)10-21)13-9-14(22-16(13)19-11)12-7-5-4-6-8-12/h4-9,21H,10H2,1-3H3,(H,18,19,20). The lowest BCUT2D eigenvalue weighted by molar-refractivity contribution is 0.234. The molecule has 2 aromatic heterocycles. The number of hydrogen-bond acceptors (Lipinski definition) is 5. The van der Waals surface area contributed by atoms with Crippen LogP contribution in [0.25, 0.3) is 20.7 Å². The summed E-state index contributed by atoms with van der Waals surface area (Å²) >= 11 is 1.66. The number of rotatable bonds is 4. The first-order chi connectivity index (χ1) is 10.5. The Labute approximate surface area is 133 Å². The van der Waals surface area contributed by atoms with E-state index in [0.29, 0.717) is 0 Å². The molecule has 0 saturated carbocycles. The molecule has 2 N–H and O–H groups in total. The van der Waals surface area contributed by atoms with Crippen LogP contribution in [0.2, 0.25) is 0 Å². The van der Waals surface area contributed by atoms with E-state index in [4.69, 9.17) is 0 Å². The summed E-state index contributed by atoms with van der Waals surface area (Å²) in [6.07, 6.45) is 0. The van der Waals surface area contributed by atoms with E-state index in [2.05, 4.69) is 33.5 Å². The third-order valence-corrected chi connectivity index (χ3v) is 4.49. The molecule has 0 saturated heterocycles. The number of aromatic nitrogens is 2. The average molecular weight is 313 g/mol. The molecule has 0 aliphatic heterocycles. The van der Waals surface area contributed by atoms with E-state index < -0.39 is 5.54 Å². The monoisotopic (exact) mass is 313 g/mol. The normalized spacial score (nSPS) is 11.8. The van der Waals surface area contributed by atoms with Crippen molar-refractivity contribution in [2.24, 2.45) is 0 Å². The van der Waals surface area contributed by atoms with E-state index in [1.165, 1.54) is 10.4 Å². The van der Waals surface area contributed by atoms with Crippen molar-refractivity contribution in [1.29, 1.82) is 0 Å². The molecule has 0 aliphatic rings. The van der Waals surface area contributed by atoms with Gasteiger partial charge in [0.15, 0.2) is 0 Å². The van der Waals surface area contributed by atoms with Crippen molar-refractivity contribution in [1.82, 2.24) is 9.97 Å². The molecule has 3 aromatic rings. The molecule has 0 aliphatic carbocycles. The quantitative estimate of drug-likeness (QED) is 0.768. The molecule has 0 atom stereocenters. The van der Waals surface area contributed by atoms with E-state index in [-0.39, 0.29) is 6.61 Å². The molecule has 3 rings (SSSR count). The lowest BCUT2D eigenvalue weighted by atomic mass is 10.1.